The molecule has 0 saturated heterocycles. The minimum atomic E-state index is 0. The molecule has 0 unspecified atom stereocenters. The second-order valence-electron chi connectivity index (χ2n) is 10.8. The van der Waals surface area contributed by atoms with Crippen LogP contribution in [0.25, 0.3) is 5.57 Å². The molecule has 214 valence electrons. The first-order chi connectivity index (χ1) is 18.7. The van der Waals surface area contributed by atoms with Gasteiger partial charge >= 0.3 is 0 Å². The topological polar surface area (TPSA) is 59.2 Å². The van der Waals surface area contributed by atoms with E-state index in [0.717, 1.165) is 34.4 Å². The molecule has 3 aromatic carbocycles. The monoisotopic (exact) mass is 542 g/mol. The van der Waals surface area contributed by atoms with E-state index in [2.05, 4.69) is 55.1 Å². The molecule has 0 amide bonds. The summed E-state index contributed by atoms with van der Waals surface area (Å²) >= 11 is 0. The Morgan fingerprint density at radius 1 is 0.775 bits per heavy atom. The Labute approximate surface area is 241 Å². The summed E-state index contributed by atoms with van der Waals surface area (Å²) in [5, 5.41) is 0. The molecule has 2 N–H and O–H groups in total. The summed E-state index contributed by atoms with van der Waals surface area (Å²) in [4.78, 5) is 0. The average molecular weight is 543 g/mol. The predicted molar refractivity (Wildman–Crippen MR) is 167 cm³/mol. The van der Waals surface area contributed by atoms with Crippen molar-refractivity contribution in [3.8, 4) is 0 Å². The number of benzene rings is 3. The number of hydrogen-bond donors (Lipinski definition) is 0. The summed E-state index contributed by atoms with van der Waals surface area (Å²) in [6, 6.07) is 27.2. The van der Waals surface area contributed by atoms with E-state index in [1.165, 1.54) is 30.4 Å². The second-order valence-corrected chi connectivity index (χ2v) is 10.8. The van der Waals surface area contributed by atoms with Crippen molar-refractivity contribution in [2.24, 2.45) is 0 Å². The number of hydrogen-bond acceptors (Lipinski definition) is 3. The molecule has 4 rings (SSSR count). The van der Waals surface area contributed by atoms with Gasteiger partial charge in [0.2, 0.25) is 0 Å². The first-order valence-corrected chi connectivity index (χ1v) is 13.8. The van der Waals surface area contributed by atoms with Crippen LogP contribution in [-0.4, -0.2) is 18.2 Å². The molecule has 0 atom stereocenters. The van der Waals surface area contributed by atoms with E-state index < -0.39 is 0 Å². The van der Waals surface area contributed by atoms with Crippen molar-refractivity contribution in [2.75, 3.05) is 7.11 Å². The molecule has 0 bridgehead atoms. The van der Waals surface area contributed by atoms with Gasteiger partial charge in [0.1, 0.15) is 19.0 Å². The highest BCUT2D eigenvalue weighted by molar-refractivity contribution is 5.78. The van der Waals surface area contributed by atoms with Gasteiger partial charge in [-0.2, -0.15) is 0 Å². The van der Waals surface area contributed by atoms with Crippen molar-refractivity contribution >= 4 is 5.57 Å². The fourth-order valence-electron chi connectivity index (χ4n) is 4.09. The van der Waals surface area contributed by atoms with Gasteiger partial charge in [0, 0.05) is 12.7 Å². The lowest BCUT2D eigenvalue weighted by Crippen LogP contribution is -2.15. The Morgan fingerprint density at radius 2 is 1.30 bits per heavy atom. The van der Waals surface area contributed by atoms with Crippen molar-refractivity contribution in [1.82, 2.24) is 0 Å². The highest BCUT2D eigenvalue weighted by atomic mass is 16.5. The molecular weight excluding hydrogens is 496 g/mol. The van der Waals surface area contributed by atoms with E-state index in [9.17, 15) is 0 Å². The summed E-state index contributed by atoms with van der Waals surface area (Å²) in [6.07, 6.45) is 8.93. The molecule has 1 aliphatic rings. The van der Waals surface area contributed by atoms with Crippen molar-refractivity contribution in [2.45, 2.75) is 72.2 Å². The second kappa shape index (κ2) is 16.5. The van der Waals surface area contributed by atoms with Gasteiger partial charge in [0.25, 0.3) is 0 Å². The number of methoxy groups -OCH3 is 1. The van der Waals surface area contributed by atoms with Crippen LogP contribution in [-0.2, 0) is 40.3 Å². The molecule has 1 aliphatic carbocycles. The first kappa shape index (κ1) is 32.6. The van der Waals surface area contributed by atoms with Gasteiger partial charge in [-0.3, -0.25) is 0 Å². The summed E-state index contributed by atoms with van der Waals surface area (Å²) < 4.78 is 17.0. The third-order valence-corrected chi connectivity index (χ3v) is 6.62. The molecule has 3 aromatic rings. The van der Waals surface area contributed by atoms with Crippen LogP contribution < -0.4 is 0 Å². The molecule has 0 aromatic heterocycles. The van der Waals surface area contributed by atoms with Gasteiger partial charge in [-0.1, -0.05) is 85.4 Å². The number of rotatable bonds is 9. The molecular formula is C36H46O4. The molecule has 0 heterocycles. The fraction of sp³-hybridized carbons (Fsp3) is 0.333. The zero-order valence-electron chi connectivity index (χ0n) is 24.8. The predicted octanol–water partition coefficient (Wildman–Crippen LogP) is 8.41. The van der Waals surface area contributed by atoms with Gasteiger partial charge in [0.05, 0.1) is 11.4 Å². The van der Waals surface area contributed by atoms with Crippen LogP contribution in [0.2, 0.25) is 0 Å². The van der Waals surface area contributed by atoms with Crippen LogP contribution in [0.15, 0.2) is 109 Å². The standard InChI is InChI=1S/C31H32O2.C5H12O.H2O/c1-24(32-22-26-11-5-3-6-12-26)17-20-31(25(2)33-23-27-13-7-4-8-14-27)30-19-18-28-15-9-10-16-29(28)21-30;1-5(2,3)6-4;/h3-8,11-14,17-21H,2,9-10,15-16,22-23H2,1H3;1-4H3;1H2/b24-17+,31-20+;;. The molecule has 0 saturated carbocycles. The summed E-state index contributed by atoms with van der Waals surface area (Å²) in [5.74, 6) is 1.52. The molecule has 0 radical (unpaired) electrons. The summed E-state index contributed by atoms with van der Waals surface area (Å²) in [7, 11) is 1.71. The number of allylic oxidation sites excluding steroid dienone is 4. The normalized spacial score (nSPS) is 13.2. The van der Waals surface area contributed by atoms with Crippen LogP contribution in [0.4, 0.5) is 0 Å². The molecule has 0 aliphatic heterocycles. The Balaban J connectivity index is 0.000000723. The molecule has 40 heavy (non-hydrogen) atoms. The van der Waals surface area contributed by atoms with Gasteiger partial charge in [-0.25, -0.2) is 0 Å². The Kier molecular flexibility index (Phi) is 13.4. The van der Waals surface area contributed by atoms with Gasteiger partial charge in [0.15, 0.2) is 0 Å². The summed E-state index contributed by atoms with van der Waals surface area (Å²) in [5.41, 5.74) is 7.36. The average Bonchev–Trinajstić information content (AvgIpc) is 2.96. The van der Waals surface area contributed by atoms with E-state index in [1.807, 2.05) is 70.2 Å². The lowest BCUT2D eigenvalue weighted by Gasteiger charge is -2.19. The minimum absolute atomic E-state index is 0. The van der Waals surface area contributed by atoms with Crippen molar-refractivity contribution in [3.63, 3.8) is 0 Å². The third-order valence-electron chi connectivity index (χ3n) is 6.62. The maximum Gasteiger partial charge on any atom is 0.120 e. The Bertz CT molecular complexity index is 1230. The highest BCUT2D eigenvalue weighted by Gasteiger charge is 2.13. The molecule has 4 nitrogen and oxygen atoms in total. The quantitative estimate of drug-likeness (QED) is 0.201. The highest BCUT2D eigenvalue weighted by Crippen LogP contribution is 2.29. The summed E-state index contributed by atoms with van der Waals surface area (Å²) in [6.45, 7) is 13.4. The first-order valence-electron chi connectivity index (χ1n) is 13.8. The van der Waals surface area contributed by atoms with Crippen LogP contribution in [0.3, 0.4) is 0 Å². The number of aryl methyl sites for hydroxylation is 2. The Morgan fingerprint density at radius 3 is 1.85 bits per heavy atom. The van der Waals surface area contributed by atoms with E-state index in [0.29, 0.717) is 19.0 Å². The van der Waals surface area contributed by atoms with Crippen LogP contribution >= 0.6 is 0 Å². The minimum Gasteiger partial charge on any atom is -0.494 e. The van der Waals surface area contributed by atoms with Crippen LogP contribution in [0, 0.1) is 0 Å². The number of fused-ring (bicyclic) bond motifs is 1. The van der Waals surface area contributed by atoms with Crippen LogP contribution in [0.1, 0.15) is 68.4 Å². The van der Waals surface area contributed by atoms with Gasteiger partial charge in [-0.05, 0) is 93.3 Å². The zero-order chi connectivity index (χ0) is 28.1. The third kappa shape index (κ3) is 11.3. The molecule has 0 spiro atoms. The Hall–Kier alpha value is -3.60. The largest absolute Gasteiger partial charge is 0.494 e. The van der Waals surface area contributed by atoms with Crippen molar-refractivity contribution in [3.05, 3.63) is 137 Å². The maximum atomic E-state index is 6.12. The van der Waals surface area contributed by atoms with Crippen molar-refractivity contribution in [1.29, 1.82) is 0 Å². The van der Waals surface area contributed by atoms with E-state index >= 15 is 0 Å². The smallest absolute Gasteiger partial charge is 0.120 e. The van der Waals surface area contributed by atoms with E-state index in [1.54, 1.807) is 7.11 Å². The lowest BCUT2D eigenvalue weighted by atomic mass is 9.88. The van der Waals surface area contributed by atoms with Crippen LogP contribution in [0.5, 0.6) is 0 Å². The van der Waals surface area contributed by atoms with Crippen molar-refractivity contribution < 1.29 is 19.7 Å². The molecule has 4 heteroatoms. The van der Waals surface area contributed by atoms with E-state index in [4.69, 9.17) is 14.2 Å². The molecule has 0 fully saturated rings. The fourth-order valence-corrected chi connectivity index (χ4v) is 4.09. The zero-order valence-corrected chi connectivity index (χ0v) is 24.8. The lowest BCUT2D eigenvalue weighted by molar-refractivity contribution is 0.0397. The van der Waals surface area contributed by atoms with E-state index in [-0.39, 0.29) is 11.1 Å². The maximum absolute atomic E-state index is 6.12. The number of ether oxygens (including phenoxy) is 3. The SMILES string of the molecule is C=C(OCc1ccccc1)/C(=C\C=C(/C)OCc1ccccc1)c1ccc2c(c1)CCCC2.COC(C)(C)C.O. The van der Waals surface area contributed by atoms with Gasteiger partial charge < -0.3 is 19.7 Å². The van der Waals surface area contributed by atoms with Gasteiger partial charge in [-0.15, -0.1) is 0 Å².